The fourth-order valence-electron chi connectivity index (χ4n) is 3.67. The van der Waals surface area contributed by atoms with Gasteiger partial charge in [-0.2, -0.15) is 0 Å². The van der Waals surface area contributed by atoms with Crippen molar-refractivity contribution in [2.45, 2.75) is 50.8 Å². The molecule has 2 heteroatoms. The van der Waals surface area contributed by atoms with E-state index in [1.54, 1.807) is 0 Å². The van der Waals surface area contributed by atoms with E-state index in [1.165, 1.54) is 36.8 Å². The summed E-state index contributed by atoms with van der Waals surface area (Å²) in [5.41, 5.74) is 3.27. The highest BCUT2D eigenvalue weighted by molar-refractivity contribution is 9.09. The maximum absolute atomic E-state index is 5.60. The maximum Gasteiger partial charge on any atom is 0.122 e. The zero-order valence-corrected chi connectivity index (χ0v) is 13.5. The summed E-state index contributed by atoms with van der Waals surface area (Å²) in [7, 11) is 0. The van der Waals surface area contributed by atoms with Crippen LogP contribution in [-0.2, 0) is 6.42 Å². The van der Waals surface area contributed by atoms with Crippen molar-refractivity contribution in [2.75, 3.05) is 6.61 Å². The molecule has 0 amide bonds. The van der Waals surface area contributed by atoms with E-state index in [2.05, 4.69) is 48.0 Å². The van der Waals surface area contributed by atoms with Gasteiger partial charge in [0.25, 0.3) is 0 Å². The third kappa shape index (κ3) is 2.56. The number of hydrogen-bond donors (Lipinski definition) is 0. The number of rotatable bonds is 2. The first-order chi connectivity index (χ1) is 9.08. The summed E-state index contributed by atoms with van der Waals surface area (Å²) in [6, 6.07) is 6.75. The first-order valence-corrected chi connectivity index (χ1v) is 8.39. The second-order valence-corrected chi connectivity index (χ2v) is 7.69. The van der Waals surface area contributed by atoms with Crippen LogP contribution in [0.3, 0.4) is 0 Å². The van der Waals surface area contributed by atoms with Crippen LogP contribution in [0.5, 0.6) is 5.75 Å². The van der Waals surface area contributed by atoms with E-state index < -0.39 is 0 Å². The van der Waals surface area contributed by atoms with Gasteiger partial charge in [0.05, 0.1) is 6.61 Å². The summed E-state index contributed by atoms with van der Waals surface area (Å²) < 4.78 is 5.60. The fraction of sp³-hybridized carbons (Fsp3) is 0.647. The van der Waals surface area contributed by atoms with Gasteiger partial charge in [-0.05, 0) is 41.4 Å². The van der Waals surface area contributed by atoms with E-state index in [-0.39, 0.29) is 0 Å². The number of alkyl halides is 1. The molecule has 0 spiro atoms. The number of fused-ring (bicyclic) bond motifs is 1. The van der Waals surface area contributed by atoms with Crippen LogP contribution in [0.1, 0.15) is 55.5 Å². The van der Waals surface area contributed by atoms with Crippen LogP contribution < -0.4 is 4.74 Å². The minimum atomic E-state index is 0.446. The van der Waals surface area contributed by atoms with Gasteiger partial charge in [-0.25, -0.2) is 0 Å². The Bertz CT molecular complexity index is 466. The van der Waals surface area contributed by atoms with E-state index in [0.29, 0.717) is 10.2 Å². The third-order valence-corrected chi connectivity index (χ3v) is 6.14. The minimum Gasteiger partial charge on any atom is -0.493 e. The minimum absolute atomic E-state index is 0.446. The van der Waals surface area contributed by atoms with Crippen LogP contribution in [0.4, 0.5) is 0 Å². The molecule has 0 bridgehead atoms. The lowest BCUT2D eigenvalue weighted by Gasteiger charge is -2.41. The third-order valence-electron chi connectivity index (χ3n) is 4.98. The fourth-order valence-corrected chi connectivity index (χ4v) is 4.94. The number of halogens is 1. The standard InChI is InChI=1S/C17H23BrO/c1-17(2)9-4-3-5-14(17)16(18)13-6-7-15-12(11-13)8-10-19-15/h6-7,11,14,16H,3-5,8-10H2,1-2H3. The molecule has 0 radical (unpaired) electrons. The normalized spacial score (nSPS) is 26.6. The molecular formula is C17H23BrO. The summed E-state index contributed by atoms with van der Waals surface area (Å²) in [4.78, 5) is 0.480. The molecule has 3 rings (SSSR count). The average molecular weight is 323 g/mol. The van der Waals surface area contributed by atoms with Crippen LogP contribution in [0.2, 0.25) is 0 Å². The topological polar surface area (TPSA) is 9.23 Å². The molecule has 2 unspecified atom stereocenters. The molecule has 1 fully saturated rings. The van der Waals surface area contributed by atoms with Crippen LogP contribution in [0, 0.1) is 11.3 Å². The van der Waals surface area contributed by atoms with Crippen molar-refractivity contribution in [3.63, 3.8) is 0 Å². The first kappa shape index (κ1) is 13.5. The maximum atomic E-state index is 5.60. The second kappa shape index (κ2) is 5.12. The van der Waals surface area contributed by atoms with Crippen LogP contribution in [-0.4, -0.2) is 6.61 Å². The van der Waals surface area contributed by atoms with Crippen molar-refractivity contribution in [2.24, 2.45) is 11.3 Å². The molecule has 1 aromatic carbocycles. The Labute approximate surface area is 124 Å². The zero-order chi connectivity index (χ0) is 13.5. The van der Waals surface area contributed by atoms with Gasteiger partial charge < -0.3 is 4.74 Å². The van der Waals surface area contributed by atoms with E-state index in [4.69, 9.17) is 4.74 Å². The Balaban J connectivity index is 1.85. The van der Waals surface area contributed by atoms with Gasteiger partial charge in [0.2, 0.25) is 0 Å². The molecule has 1 nitrogen and oxygen atoms in total. The molecule has 0 N–H and O–H groups in total. The smallest absolute Gasteiger partial charge is 0.122 e. The Morgan fingerprint density at radius 3 is 2.95 bits per heavy atom. The molecule has 1 aliphatic carbocycles. The Hall–Kier alpha value is -0.500. The second-order valence-electron chi connectivity index (χ2n) is 6.71. The highest BCUT2D eigenvalue weighted by atomic mass is 79.9. The molecule has 104 valence electrons. The lowest BCUT2D eigenvalue weighted by Crippen LogP contribution is -2.30. The van der Waals surface area contributed by atoms with Gasteiger partial charge in [0.1, 0.15) is 5.75 Å². The van der Waals surface area contributed by atoms with Gasteiger partial charge in [0.15, 0.2) is 0 Å². The molecule has 19 heavy (non-hydrogen) atoms. The number of hydrogen-bond acceptors (Lipinski definition) is 1. The SMILES string of the molecule is CC1(C)CCCCC1C(Br)c1ccc2c(c1)CCO2. The molecule has 2 atom stereocenters. The lowest BCUT2D eigenvalue weighted by atomic mass is 9.66. The van der Waals surface area contributed by atoms with Gasteiger partial charge in [-0.15, -0.1) is 0 Å². The van der Waals surface area contributed by atoms with Crippen molar-refractivity contribution >= 4 is 15.9 Å². The summed E-state index contributed by atoms with van der Waals surface area (Å²) in [5.74, 6) is 1.83. The van der Waals surface area contributed by atoms with E-state index in [1.807, 2.05) is 0 Å². The molecule has 1 aromatic rings. The summed E-state index contributed by atoms with van der Waals surface area (Å²) in [6.07, 6.45) is 6.53. The zero-order valence-electron chi connectivity index (χ0n) is 11.9. The number of benzene rings is 1. The predicted molar refractivity (Wildman–Crippen MR) is 83.0 cm³/mol. The Morgan fingerprint density at radius 1 is 1.32 bits per heavy atom. The Morgan fingerprint density at radius 2 is 2.16 bits per heavy atom. The molecule has 0 aromatic heterocycles. The molecular weight excluding hydrogens is 300 g/mol. The van der Waals surface area contributed by atoms with Crippen molar-refractivity contribution in [3.8, 4) is 5.75 Å². The van der Waals surface area contributed by atoms with Crippen molar-refractivity contribution in [3.05, 3.63) is 29.3 Å². The quantitative estimate of drug-likeness (QED) is 0.673. The van der Waals surface area contributed by atoms with Gasteiger partial charge in [-0.1, -0.05) is 54.8 Å². The van der Waals surface area contributed by atoms with E-state index in [9.17, 15) is 0 Å². The average Bonchev–Trinajstić information content (AvgIpc) is 2.84. The molecule has 1 aliphatic heterocycles. The van der Waals surface area contributed by atoms with Crippen molar-refractivity contribution < 1.29 is 4.74 Å². The summed E-state index contributed by atoms with van der Waals surface area (Å²) in [5, 5.41) is 0. The summed E-state index contributed by atoms with van der Waals surface area (Å²) in [6.45, 7) is 5.71. The predicted octanol–water partition coefficient (Wildman–Crippen LogP) is 5.27. The molecule has 1 saturated carbocycles. The van der Waals surface area contributed by atoms with Gasteiger partial charge in [0, 0.05) is 11.2 Å². The first-order valence-electron chi connectivity index (χ1n) is 7.48. The highest BCUT2D eigenvalue weighted by Crippen LogP contribution is 2.50. The van der Waals surface area contributed by atoms with Gasteiger partial charge in [-0.3, -0.25) is 0 Å². The highest BCUT2D eigenvalue weighted by Gasteiger charge is 2.37. The molecule has 1 heterocycles. The Kier molecular flexibility index (Phi) is 3.63. The van der Waals surface area contributed by atoms with Crippen LogP contribution in [0.25, 0.3) is 0 Å². The monoisotopic (exact) mass is 322 g/mol. The molecule has 0 saturated heterocycles. The summed E-state index contributed by atoms with van der Waals surface area (Å²) >= 11 is 3.99. The van der Waals surface area contributed by atoms with E-state index >= 15 is 0 Å². The largest absolute Gasteiger partial charge is 0.493 e. The van der Waals surface area contributed by atoms with Crippen molar-refractivity contribution in [1.29, 1.82) is 0 Å². The van der Waals surface area contributed by atoms with Crippen LogP contribution >= 0.6 is 15.9 Å². The van der Waals surface area contributed by atoms with Gasteiger partial charge >= 0.3 is 0 Å². The van der Waals surface area contributed by atoms with E-state index in [0.717, 1.165) is 24.7 Å². The lowest BCUT2D eigenvalue weighted by molar-refractivity contribution is 0.136. The molecule has 2 aliphatic rings. The van der Waals surface area contributed by atoms with Crippen molar-refractivity contribution in [1.82, 2.24) is 0 Å². The number of ether oxygens (including phenoxy) is 1. The van der Waals surface area contributed by atoms with Crippen LogP contribution in [0.15, 0.2) is 18.2 Å².